The summed E-state index contributed by atoms with van der Waals surface area (Å²) in [5.74, 6) is 2.13. The van der Waals surface area contributed by atoms with Crippen LogP contribution in [0.15, 0.2) is 29.3 Å². The molecule has 0 aromatic heterocycles. The van der Waals surface area contributed by atoms with Gasteiger partial charge in [-0.1, -0.05) is 32.9 Å². The van der Waals surface area contributed by atoms with E-state index in [4.69, 9.17) is 4.99 Å². The molecule has 0 spiro atoms. The summed E-state index contributed by atoms with van der Waals surface area (Å²) >= 11 is 0. The maximum atomic E-state index is 12.8. The van der Waals surface area contributed by atoms with Gasteiger partial charge in [-0.2, -0.15) is 0 Å². The summed E-state index contributed by atoms with van der Waals surface area (Å²) in [6.07, 6.45) is 4.51. The van der Waals surface area contributed by atoms with E-state index in [1.54, 1.807) is 12.1 Å². The van der Waals surface area contributed by atoms with Gasteiger partial charge in [-0.15, -0.1) is 0 Å². The Morgan fingerprint density at radius 1 is 1.21 bits per heavy atom. The molecule has 102 valence electrons. The van der Waals surface area contributed by atoms with Crippen molar-refractivity contribution in [3.05, 3.63) is 35.6 Å². The zero-order valence-electron chi connectivity index (χ0n) is 11.9. The molecule has 1 aromatic carbocycles. The molecular weight excluding hydrogens is 237 g/mol. The molecule has 0 N–H and O–H groups in total. The molecule has 3 saturated carbocycles. The minimum atomic E-state index is -0.189. The highest BCUT2D eigenvalue weighted by molar-refractivity contribution is 5.79. The van der Waals surface area contributed by atoms with Crippen molar-refractivity contribution in [3.63, 3.8) is 0 Å². The average molecular weight is 259 g/mol. The minimum absolute atomic E-state index is 0.189. The van der Waals surface area contributed by atoms with Gasteiger partial charge in [0, 0.05) is 6.21 Å². The van der Waals surface area contributed by atoms with Gasteiger partial charge in [0.2, 0.25) is 0 Å². The summed E-state index contributed by atoms with van der Waals surface area (Å²) in [4.78, 5) is 4.76. The van der Waals surface area contributed by atoms with Crippen molar-refractivity contribution in [2.75, 3.05) is 0 Å². The average Bonchev–Trinajstić information content (AvgIpc) is 2.38. The maximum Gasteiger partial charge on any atom is 0.123 e. The molecule has 0 saturated heterocycles. The van der Waals surface area contributed by atoms with Gasteiger partial charge in [0.15, 0.2) is 0 Å². The zero-order chi connectivity index (χ0) is 13.6. The summed E-state index contributed by atoms with van der Waals surface area (Å²) < 4.78 is 12.8. The lowest BCUT2D eigenvalue weighted by molar-refractivity contribution is -0.108. The fraction of sp³-hybridized carbons (Fsp3) is 0.588. The normalized spacial score (nSPS) is 36.2. The maximum absolute atomic E-state index is 12.8. The van der Waals surface area contributed by atoms with Crippen LogP contribution in [0.5, 0.6) is 0 Å². The van der Waals surface area contributed by atoms with Gasteiger partial charge in [-0.3, -0.25) is 4.99 Å². The number of halogens is 1. The van der Waals surface area contributed by atoms with Crippen LogP contribution in [0.2, 0.25) is 0 Å². The lowest BCUT2D eigenvalue weighted by Gasteiger charge is -2.61. The van der Waals surface area contributed by atoms with Crippen molar-refractivity contribution in [1.82, 2.24) is 0 Å². The SMILES string of the molecule is C[C@@H]1[C@H]2C[C@@H](C[C@H]1N=Cc1ccc(F)cc1)C2(C)C. The Balaban J connectivity index is 1.70. The van der Waals surface area contributed by atoms with E-state index in [9.17, 15) is 4.39 Å². The summed E-state index contributed by atoms with van der Waals surface area (Å²) in [7, 11) is 0. The topological polar surface area (TPSA) is 12.4 Å². The summed E-state index contributed by atoms with van der Waals surface area (Å²) in [5.41, 5.74) is 1.51. The lowest BCUT2D eigenvalue weighted by Crippen LogP contribution is -2.56. The first kappa shape index (κ1) is 12.8. The first-order valence-corrected chi connectivity index (χ1v) is 7.27. The highest BCUT2D eigenvalue weighted by Gasteiger charge is 2.56. The van der Waals surface area contributed by atoms with E-state index in [0.717, 1.165) is 17.4 Å². The van der Waals surface area contributed by atoms with Gasteiger partial charge in [-0.05, 0) is 53.7 Å². The number of rotatable bonds is 2. The van der Waals surface area contributed by atoms with E-state index in [2.05, 4.69) is 20.8 Å². The van der Waals surface area contributed by atoms with E-state index in [-0.39, 0.29) is 5.82 Å². The molecule has 0 radical (unpaired) electrons. The molecule has 2 heteroatoms. The number of hydrogen-bond acceptors (Lipinski definition) is 1. The van der Waals surface area contributed by atoms with Crippen LogP contribution in [0.4, 0.5) is 4.39 Å². The van der Waals surface area contributed by atoms with Crippen molar-refractivity contribution in [2.24, 2.45) is 28.2 Å². The van der Waals surface area contributed by atoms with Crippen LogP contribution < -0.4 is 0 Å². The molecule has 1 aromatic rings. The third kappa shape index (κ3) is 2.11. The van der Waals surface area contributed by atoms with Crippen molar-refractivity contribution >= 4 is 6.21 Å². The Hall–Kier alpha value is -1.18. The molecule has 2 bridgehead atoms. The molecule has 0 aliphatic heterocycles. The van der Waals surface area contributed by atoms with Gasteiger partial charge >= 0.3 is 0 Å². The Morgan fingerprint density at radius 3 is 2.47 bits per heavy atom. The highest BCUT2D eigenvalue weighted by Crippen LogP contribution is 2.61. The monoisotopic (exact) mass is 259 g/mol. The molecule has 0 amide bonds. The second-order valence-electron chi connectivity index (χ2n) is 6.85. The van der Waals surface area contributed by atoms with Crippen molar-refractivity contribution in [3.8, 4) is 0 Å². The number of benzene rings is 1. The van der Waals surface area contributed by atoms with Crippen molar-refractivity contribution in [2.45, 2.75) is 39.7 Å². The molecule has 1 nitrogen and oxygen atoms in total. The summed E-state index contributed by atoms with van der Waals surface area (Å²) in [6, 6.07) is 7.01. The van der Waals surface area contributed by atoms with Crippen molar-refractivity contribution in [1.29, 1.82) is 0 Å². The van der Waals surface area contributed by atoms with Crippen LogP contribution in [-0.4, -0.2) is 12.3 Å². The van der Waals surface area contributed by atoms with E-state index < -0.39 is 0 Å². The summed E-state index contributed by atoms with van der Waals surface area (Å²) in [5, 5.41) is 0. The third-order valence-corrected chi connectivity index (χ3v) is 5.60. The van der Waals surface area contributed by atoms with Crippen LogP contribution in [0.1, 0.15) is 39.2 Å². The predicted molar refractivity (Wildman–Crippen MR) is 76.9 cm³/mol. The first-order valence-electron chi connectivity index (χ1n) is 7.27. The van der Waals surface area contributed by atoms with Gasteiger partial charge in [0.05, 0.1) is 6.04 Å². The van der Waals surface area contributed by atoms with Gasteiger partial charge in [0.25, 0.3) is 0 Å². The predicted octanol–water partition coefficient (Wildman–Crippen LogP) is 4.32. The number of fused-ring (bicyclic) bond motifs is 2. The van der Waals surface area contributed by atoms with Crippen LogP contribution in [-0.2, 0) is 0 Å². The van der Waals surface area contributed by atoms with Crippen LogP contribution in [0.3, 0.4) is 0 Å². The molecule has 0 heterocycles. The molecular formula is C17H22FN. The smallest absolute Gasteiger partial charge is 0.123 e. The number of aliphatic imine (C=N–C) groups is 1. The third-order valence-electron chi connectivity index (χ3n) is 5.60. The zero-order valence-corrected chi connectivity index (χ0v) is 11.9. The van der Waals surface area contributed by atoms with E-state index >= 15 is 0 Å². The second-order valence-corrected chi connectivity index (χ2v) is 6.85. The van der Waals surface area contributed by atoms with E-state index in [1.807, 2.05) is 6.21 Å². The first-order chi connectivity index (χ1) is 8.98. The number of hydrogen-bond donors (Lipinski definition) is 0. The van der Waals surface area contributed by atoms with Gasteiger partial charge < -0.3 is 0 Å². The number of nitrogens with zero attached hydrogens (tertiary/aromatic N) is 1. The van der Waals surface area contributed by atoms with Crippen LogP contribution in [0.25, 0.3) is 0 Å². The Morgan fingerprint density at radius 2 is 1.89 bits per heavy atom. The molecule has 4 rings (SSSR count). The van der Waals surface area contributed by atoms with E-state index in [0.29, 0.717) is 17.4 Å². The van der Waals surface area contributed by atoms with Gasteiger partial charge in [-0.25, -0.2) is 4.39 Å². The van der Waals surface area contributed by atoms with Crippen LogP contribution >= 0.6 is 0 Å². The standard InChI is InChI=1S/C17H22FN/c1-11-15-8-13(17(15,2)3)9-16(11)19-10-12-4-6-14(18)7-5-12/h4-7,10-11,13,15-16H,8-9H2,1-3H3/t11-,13+,15-,16-/m1/s1. The Labute approximate surface area is 114 Å². The molecule has 3 aliphatic carbocycles. The quantitative estimate of drug-likeness (QED) is 0.702. The van der Waals surface area contributed by atoms with Crippen molar-refractivity contribution < 1.29 is 4.39 Å². The highest BCUT2D eigenvalue weighted by atomic mass is 19.1. The Bertz CT molecular complexity index is 488. The van der Waals surface area contributed by atoms with Gasteiger partial charge in [0.1, 0.15) is 5.82 Å². The van der Waals surface area contributed by atoms with E-state index in [1.165, 1.54) is 25.0 Å². The fourth-order valence-electron chi connectivity index (χ4n) is 4.05. The molecule has 0 unspecified atom stereocenters. The van der Waals surface area contributed by atoms with Crippen LogP contribution in [0, 0.1) is 29.0 Å². The molecule has 3 fully saturated rings. The second kappa shape index (κ2) is 4.43. The minimum Gasteiger partial charge on any atom is -0.289 e. The largest absolute Gasteiger partial charge is 0.289 e. The fourth-order valence-corrected chi connectivity index (χ4v) is 4.05. The molecule has 19 heavy (non-hydrogen) atoms. The lowest BCUT2D eigenvalue weighted by atomic mass is 9.45. The summed E-state index contributed by atoms with van der Waals surface area (Å²) in [6.45, 7) is 7.15. The molecule has 4 atom stereocenters. The molecule has 3 aliphatic rings. The Kier molecular flexibility index (Phi) is 2.99.